The second-order valence-corrected chi connectivity index (χ2v) is 7.34. The van der Waals surface area contributed by atoms with Crippen LogP contribution in [0, 0.1) is 0 Å². The standard InChI is InChI=1S/C21H26N6O/c1-25(2)17-7-6-15-26(16-14-17)21-22-23-24-27(21)18-10-12-20(13-11-18)28-19-8-4-3-5-9-19/h3-5,8-13,17H,6-7,14-16H2,1-2H3/t17-/m1/s1. The third-order valence-electron chi connectivity index (χ3n) is 5.22. The minimum atomic E-state index is 0.615. The Hall–Kier alpha value is -2.93. The molecule has 0 bridgehead atoms. The van der Waals surface area contributed by atoms with Crippen molar-refractivity contribution in [1.29, 1.82) is 0 Å². The zero-order valence-electron chi connectivity index (χ0n) is 16.4. The number of hydrogen-bond donors (Lipinski definition) is 0. The van der Waals surface area contributed by atoms with Crippen LogP contribution in [0.15, 0.2) is 54.6 Å². The van der Waals surface area contributed by atoms with Gasteiger partial charge in [-0.05, 0) is 80.2 Å². The summed E-state index contributed by atoms with van der Waals surface area (Å²) in [5.41, 5.74) is 0.925. The highest BCUT2D eigenvalue weighted by Crippen LogP contribution is 2.25. The molecule has 1 aliphatic rings. The summed E-state index contributed by atoms with van der Waals surface area (Å²) in [7, 11) is 4.31. The zero-order valence-corrected chi connectivity index (χ0v) is 16.4. The first-order valence-electron chi connectivity index (χ1n) is 9.74. The van der Waals surface area contributed by atoms with E-state index in [1.807, 2.05) is 59.3 Å². The van der Waals surface area contributed by atoms with Gasteiger partial charge >= 0.3 is 0 Å². The SMILES string of the molecule is CN(C)[C@@H]1CCCN(c2nnnn2-c2ccc(Oc3ccccc3)cc2)CC1. The fourth-order valence-corrected chi connectivity index (χ4v) is 3.62. The Morgan fingerprint density at radius 3 is 2.43 bits per heavy atom. The molecule has 7 nitrogen and oxygen atoms in total. The highest BCUT2D eigenvalue weighted by molar-refractivity contribution is 5.44. The lowest BCUT2D eigenvalue weighted by molar-refractivity contribution is 0.272. The highest BCUT2D eigenvalue weighted by Gasteiger charge is 2.22. The third kappa shape index (κ3) is 4.14. The number of rotatable bonds is 5. The summed E-state index contributed by atoms with van der Waals surface area (Å²) < 4.78 is 7.68. The minimum absolute atomic E-state index is 0.615. The van der Waals surface area contributed by atoms with Gasteiger partial charge in [0.2, 0.25) is 5.95 Å². The zero-order chi connectivity index (χ0) is 19.3. The van der Waals surface area contributed by atoms with Gasteiger partial charge in [-0.3, -0.25) is 0 Å². The molecule has 1 atom stereocenters. The van der Waals surface area contributed by atoms with E-state index in [4.69, 9.17) is 4.74 Å². The molecule has 146 valence electrons. The van der Waals surface area contributed by atoms with Crippen molar-refractivity contribution in [2.24, 2.45) is 0 Å². The average molecular weight is 378 g/mol. The van der Waals surface area contributed by atoms with E-state index in [1.54, 1.807) is 0 Å². The Kier molecular flexibility index (Phi) is 5.53. The number of benzene rings is 2. The van der Waals surface area contributed by atoms with Crippen molar-refractivity contribution >= 4 is 5.95 Å². The first-order chi connectivity index (χ1) is 13.7. The second kappa shape index (κ2) is 8.39. The van der Waals surface area contributed by atoms with E-state index >= 15 is 0 Å². The molecule has 2 aromatic carbocycles. The van der Waals surface area contributed by atoms with Crippen molar-refractivity contribution in [2.45, 2.75) is 25.3 Å². The maximum absolute atomic E-state index is 5.87. The lowest BCUT2D eigenvalue weighted by Gasteiger charge is -2.23. The summed E-state index contributed by atoms with van der Waals surface area (Å²) in [4.78, 5) is 4.61. The van der Waals surface area contributed by atoms with E-state index in [-0.39, 0.29) is 0 Å². The Morgan fingerprint density at radius 1 is 0.929 bits per heavy atom. The molecular weight excluding hydrogens is 352 g/mol. The van der Waals surface area contributed by atoms with Gasteiger partial charge in [0.1, 0.15) is 11.5 Å². The second-order valence-electron chi connectivity index (χ2n) is 7.34. The third-order valence-corrected chi connectivity index (χ3v) is 5.22. The summed E-state index contributed by atoms with van der Waals surface area (Å²) in [5.74, 6) is 2.41. The van der Waals surface area contributed by atoms with Crippen molar-refractivity contribution in [3.8, 4) is 17.2 Å². The van der Waals surface area contributed by atoms with E-state index in [9.17, 15) is 0 Å². The van der Waals surface area contributed by atoms with Crippen LogP contribution in [0.25, 0.3) is 5.69 Å². The van der Waals surface area contributed by atoms with E-state index in [1.165, 1.54) is 6.42 Å². The van der Waals surface area contributed by atoms with Gasteiger partial charge < -0.3 is 14.5 Å². The fraction of sp³-hybridized carbons (Fsp3) is 0.381. The maximum Gasteiger partial charge on any atom is 0.250 e. The molecule has 2 heterocycles. The van der Waals surface area contributed by atoms with Crippen molar-refractivity contribution in [3.05, 3.63) is 54.6 Å². The minimum Gasteiger partial charge on any atom is -0.457 e. The Labute approximate surface area is 165 Å². The Bertz CT molecular complexity index is 877. The van der Waals surface area contributed by atoms with Crippen LogP contribution in [0.5, 0.6) is 11.5 Å². The predicted molar refractivity (Wildman–Crippen MR) is 109 cm³/mol. The van der Waals surface area contributed by atoms with Gasteiger partial charge in [0.25, 0.3) is 0 Å². The lowest BCUT2D eigenvalue weighted by atomic mass is 10.1. The lowest BCUT2D eigenvalue weighted by Crippen LogP contribution is -2.31. The number of hydrogen-bond acceptors (Lipinski definition) is 6. The molecule has 0 amide bonds. The highest BCUT2D eigenvalue weighted by atomic mass is 16.5. The monoisotopic (exact) mass is 378 g/mol. The number of aromatic nitrogens is 4. The molecule has 4 rings (SSSR count). The van der Waals surface area contributed by atoms with E-state index in [0.717, 1.165) is 49.1 Å². The van der Waals surface area contributed by atoms with Crippen molar-refractivity contribution in [2.75, 3.05) is 32.1 Å². The van der Waals surface area contributed by atoms with E-state index < -0.39 is 0 Å². The molecule has 1 aliphatic heterocycles. The summed E-state index contributed by atoms with van der Waals surface area (Å²) in [6, 6.07) is 18.2. The van der Waals surface area contributed by atoms with Crippen molar-refractivity contribution < 1.29 is 4.74 Å². The van der Waals surface area contributed by atoms with Gasteiger partial charge in [0.05, 0.1) is 5.69 Å². The Balaban J connectivity index is 1.49. The van der Waals surface area contributed by atoms with Gasteiger partial charge in [-0.15, -0.1) is 0 Å². The molecule has 1 aromatic heterocycles. The molecule has 28 heavy (non-hydrogen) atoms. The normalized spacial score (nSPS) is 17.5. The Morgan fingerprint density at radius 2 is 1.68 bits per heavy atom. The van der Waals surface area contributed by atoms with Crippen LogP contribution in [0.4, 0.5) is 5.95 Å². The van der Waals surface area contributed by atoms with Crippen LogP contribution >= 0.6 is 0 Å². The maximum atomic E-state index is 5.87. The molecule has 1 saturated heterocycles. The molecule has 3 aromatic rings. The number of anilines is 1. The number of nitrogens with zero attached hydrogens (tertiary/aromatic N) is 6. The predicted octanol–water partition coefficient (Wildman–Crippen LogP) is 3.38. The molecule has 0 saturated carbocycles. The molecule has 0 spiro atoms. The van der Waals surface area contributed by atoms with Crippen LogP contribution in [0.3, 0.4) is 0 Å². The van der Waals surface area contributed by atoms with Gasteiger partial charge in [0, 0.05) is 19.1 Å². The number of tetrazole rings is 1. The van der Waals surface area contributed by atoms with E-state index in [0.29, 0.717) is 6.04 Å². The van der Waals surface area contributed by atoms with Crippen LogP contribution in [0.2, 0.25) is 0 Å². The first kappa shape index (κ1) is 18.4. The largest absolute Gasteiger partial charge is 0.457 e. The van der Waals surface area contributed by atoms with Gasteiger partial charge in [-0.25, -0.2) is 0 Å². The van der Waals surface area contributed by atoms with Gasteiger partial charge in [0.15, 0.2) is 0 Å². The molecule has 0 radical (unpaired) electrons. The number of ether oxygens (including phenoxy) is 1. The smallest absolute Gasteiger partial charge is 0.250 e. The number of para-hydroxylation sites is 1. The van der Waals surface area contributed by atoms with E-state index in [2.05, 4.69) is 39.4 Å². The summed E-state index contributed by atoms with van der Waals surface area (Å²) in [6.07, 6.45) is 3.46. The van der Waals surface area contributed by atoms with Crippen LogP contribution < -0.4 is 9.64 Å². The molecule has 0 N–H and O–H groups in total. The van der Waals surface area contributed by atoms with Crippen molar-refractivity contribution in [3.63, 3.8) is 0 Å². The first-order valence-corrected chi connectivity index (χ1v) is 9.74. The topological polar surface area (TPSA) is 59.3 Å². The molecule has 7 heteroatoms. The summed E-state index contributed by atoms with van der Waals surface area (Å²) in [6.45, 7) is 1.93. The molecule has 0 unspecified atom stereocenters. The molecule has 1 fully saturated rings. The van der Waals surface area contributed by atoms with Gasteiger partial charge in [-0.1, -0.05) is 23.3 Å². The molecular formula is C21H26N6O. The fourth-order valence-electron chi connectivity index (χ4n) is 3.62. The quantitative estimate of drug-likeness (QED) is 0.678. The van der Waals surface area contributed by atoms with Crippen LogP contribution in [-0.2, 0) is 0 Å². The average Bonchev–Trinajstić information content (AvgIpc) is 3.06. The van der Waals surface area contributed by atoms with Crippen molar-refractivity contribution in [1.82, 2.24) is 25.1 Å². The van der Waals surface area contributed by atoms with Crippen LogP contribution in [-0.4, -0.2) is 58.3 Å². The molecule has 0 aliphatic carbocycles. The van der Waals surface area contributed by atoms with Gasteiger partial charge in [-0.2, -0.15) is 4.68 Å². The van der Waals surface area contributed by atoms with Crippen LogP contribution in [0.1, 0.15) is 19.3 Å². The summed E-state index contributed by atoms with van der Waals surface area (Å²) in [5, 5.41) is 12.5. The summed E-state index contributed by atoms with van der Waals surface area (Å²) >= 11 is 0.